The summed E-state index contributed by atoms with van der Waals surface area (Å²) in [4.78, 5) is 48.2. The maximum atomic E-state index is 13.4. The Morgan fingerprint density at radius 1 is 0.568 bits per heavy atom. The molecule has 27 heteroatoms. The Hall–Kier alpha value is -7.29. The van der Waals surface area contributed by atoms with Crippen molar-refractivity contribution in [3.05, 3.63) is 166 Å². The van der Waals surface area contributed by atoms with E-state index < -0.39 is 23.7 Å². The highest BCUT2D eigenvalue weighted by Gasteiger charge is 2.18. The third-order valence-corrected chi connectivity index (χ3v) is 12.5. The van der Waals surface area contributed by atoms with Crippen molar-refractivity contribution in [2.45, 2.75) is 70.4 Å². The molecule has 0 saturated carbocycles. The number of esters is 3. The van der Waals surface area contributed by atoms with E-state index in [9.17, 15) is 32.7 Å². The van der Waals surface area contributed by atoms with Crippen LogP contribution in [-0.4, -0.2) is 113 Å². The number of nitrogens with zero attached hydrogens (tertiary/aromatic N) is 9. The first-order chi connectivity index (χ1) is 37.2. The lowest BCUT2D eigenvalue weighted by Gasteiger charge is -2.08. The van der Waals surface area contributed by atoms with Crippen molar-refractivity contribution in [1.29, 1.82) is 0 Å². The first-order valence-corrected chi connectivity index (χ1v) is 25.8. The van der Waals surface area contributed by atoms with Crippen LogP contribution in [0.25, 0.3) is 16.9 Å². The fraction of sp³-hybridized carbons (Fsp3) is 0.278. The predicted molar refractivity (Wildman–Crippen MR) is 313 cm³/mol. The molecule has 3 aromatic carbocycles. The second-order valence-corrected chi connectivity index (χ2v) is 17.5. The van der Waals surface area contributed by atoms with Crippen LogP contribution in [0, 0.1) is 17.5 Å². The third-order valence-electron chi connectivity index (χ3n) is 9.96. The van der Waals surface area contributed by atoms with E-state index in [4.69, 9.17) is 40.4 Å². The van der Waals surface area contributed by atoms with E-state index in [2.05, 4.69) is 42.9 Å². The fourth-order valence-electron chi connectivity index (χ4n) is 6.47. The van der Waals surface area contributed by atoms with Crippen LogP contribution >= 0.6 is 60.2 Å². The van der Waals surface area contributed by atoms with Crippen molar-refractivity contribution in [2.75, 3.05) is 41.2 Å². The number of fused-ring (bicyclic) bond motifs is 3. The molecule has 0 bridgehead atoms. The van der Waals surface area contributed by atoms with E-state index in [0.717, 1.165) is 18.2 Å². The summed E-state index contributed by atoms with van der Waals surface area (Å²) in [5.41, 5.74) is 4.11. The van der Waals surface area contributed by atoms with E-state index in [1.54, 1.807) is 83.9 Å². The van der Waals surface area contributed by atoms with Gasteiger partial charge in [0.15, 0.2) is 16.9 Å². The van der Waals surface area contributed by atoms with Crippen LogP contribution in [0.2, 0.25) is 5.15 Å². The van der Waals surface area contributed by atoms with Gasteiger partial charge in [-0.3, -0.25) is 0 Å². The first-order valence-electron chi connectivity index (χ1n) is 22.8. The lowest BCUT2D eigenvalue weighted by molar-refractivity contribution is 0.0518. The van der Waals surface area contributed by atoms with E-state index in [1.165, 1.54) is 98.1 Å². The van der Waals surface area contributed by atoms with Crippen molar-refractivity contribution in [1.82, 2.24) is 43.8 Å². The van der Waals surface area contributed by atoms with Gasteiger partial charge in [-0.2, -0.15) is 27.9 Å². The van der Waals surface area contributed by atoms with Crippen molar-refractivity contribution >= 4 is 95.0 Å². The highest BCUT2D eigenvalue weighted by atomic mass is 35.5. The van der Waals surface area contributed by atoms with Crippen molar-refractivity contribution in [3.63, 3.8) is 0 Å². The van der Waals surface area contributed by atoms with Crippen molar-refractivity contribution < 1.29 is 61.5 Å². The van der Waals surface area contributed by atoms with Crippen LogP contribution in [-0.2, 0) is 31.5 Å². The maximum Gasteiger partial charge on any atom is 0.343 e. The van der Waals surface area contributed by atoms with Gasteiger partial charge in [0.2, 0.25) is 0 Å². The van der Waals surface area contributed by atoms with Gasteiger partial charge in [0, 0.05) is 59.6 Å². The molecule has 0 radical (unpaired) electrons. The lowest BCUT2D eigenvalue weighted by Crippen LogP contribution is -2.05. The van der Waals surface area contributed by atoms with Gasteiger partial charge in [0.25, 0.3) is 0 Å². The number of thioether (sulfide) groups is 2. The minimum atomic E-state index is -0.482. The quantitative estimate of drug-likeness (QED) is 0.0285. The van der Waals surface area contributed by atoms with Crippen molar-refractivity contribution in [2.24, 2.45) is 0 Å². The van der Waals surface area contributed by atoms with Crippen LogP contribution in [0.1, 0.15) is 90.8 Å². The molecule has 0 aliphatic rings. The molecule has 0 amide bonds. The first kappa shape index (κ1) is 71.7. The Labute approximate surface area is 492 Å². The van der Waals surface area contributed by atoms with Gasteiger partial charge in [-0.25, -0.2) is 56.1 Å². The number of benzene rings is 3. The third kappa shape index (κ3) is 20.0. The molecule has 0 unspecified atom stereocenters. The van der Waals surface area contributed by atoms with Gasteiger partial charge in [-0.05, 0) is 93.6 Å². The number of hydrogen-bond acceptors (Lipinski definition) is 19. The van der Waals surface area contributed by atoms with Gasteiger partial charge >= 0.3 is 17.9 Å². The molecule has 438 valence electrons. The number of carbonyl (C=O) groups excluding carboxylic acids is 3. The number of phenolic OH excluding ortho intramolecular Hbond substituents is 1. The van der Waals surface area contributed by atoms with Gasteiger partial charge in [-0.15, -0.1) is 35.9 Å². The normalized spacial score (nSPS) is 9.93. The molecule has 0 atom stereocenters. The number of aromatic hydroxyl groups is 1. The Bertz CT molecular complexity index is 3430. The van der Waals surface area contributed by atoms with Gasteiger partial charge < -0.3 is 33.9 Å². The summed E-state index contributed by atoms with van der Waals surface area (Å²) in [6.07, 6.45) is 9.29. The molecule has 81 heavy (non-hydrogen) atoms. The molecule has 0 spiro atoms. The lowest BCUT2D eigenvalue weighted by atomic mass is 10.2. The summed E-state index contributed by atoms with van der Waals surface area (Å²) >= 11 is 12.5. The second-order valence-electron chi connectivity index (χ2n) is 14.8. The summed E-state index contributed by atoms with van der Waals surface area (Å²) < 4.78 is 68.8. The largest absolute Gasteiger partial charge is 0.508 e. The van der Waals surface area contributed by atoms with E-state index in [1.807, 2.05) is 0 Å². The smallest absolute Gasteiger partial charge is 0.343 e. The van der Waals surface area contributed by atoms with Crippen LogP contribution < -0.4 is 9.47 Å². The number of rotatable bonds is 15. The van der Waals surface area contributed by atoms with E-state index in [-0.39, 0.29) is 70.8 Å². The zero-order chi connectivity index (χ0) is 56.0. The number of aromatic nitrogens is 9. The molecule has 19 nitrogen and oxygen atoms in total. The number of carbonyl (C=O) groups is 3. The van der Waals surface area contributed by atoms with Gasteiger partial charge in [-0.1, -0.05) is 33.9 Å². The zero-order valence-corrected chi connectivity index (χ0v) is 46.6. The molecule has 9 rings (SSSR count). The van der Waals surface area contributed by atoms with Crippen LogP contribution in [0.5, 0.6) is 17.2 Å². The molecule has 0 fully saturated rings. The summed E-state index contributed by atoms with van der Waals surface area (Å²) in [6.45, 7) is 6.07. The molecule has 9 aromatic rings. The Kier molecular flexibility index (Phi) is 32.0. The summed E-state index contributed by atoms with van der Waals surface area (Å²) in [7, 11) is 4.10. The summed E-state index contributed by atoms with van der Waals surface area (Å²) in [5.74, 6) is 0.270. The monoisotopic (exact) mass is 1220 g/mol. The highest BCUT2D eigenvalue weighted by molar-refractivity contribution is 7.98. The molecule has 0 aliphatic carbocycles. The molecular weight excluding hydrogens is 1160 g/mol. The SMILES string of the molecule is C.C.C.CCOC(=O)c1cnn2ccc(Cl)nc12.CCOC(=O)c1cnn2ccc(SCc3cc(F)ccc3O)nc12.CCOC(=O)c1cnn2ccc(SCc3cc(F)ccc3OC)nc12.CO.COc1ccc(F)cc1CS.Cl. The molecular formula is C54H64Cl2F3N9O10S3. The number of aliphatic hydroxyl groups excluding tert-OH is 1. The number of phenols is 1. The Balaban J connectivity index is 0.000000547. The molecule has 6 heterocycles. The zero-order valence-electron chi connectivity index (χ0n) is 42.5. The summed E-state index contributed by atoms with van der Waals surface area (Å²) in [6, 6.07) is 17.7. The molecule has 6 aromatic heterocycles. The van der Waals surface area contributed by atoms with E-state index >= 15 is 0 Å². The van der Waals surface area contributed by atoms with Gasteiger partial charge in [0.1, 0.15) is 66.6 Å². The van der Waals surface area contributed by atoms with Gasteiger partial charge in [0.05, 0.1) is 52.6 Å². The molecule has 0 aliphatic heterocycles. The second kappa shape index (κ2) is 36.1. The maximum absolute atomic E-state index is 13.4. The highest BCUT2D eigenvalue weighted by Crippen LogP contribution is 2.30. The number of aliphatic hydroxyl groups is 1. The fourth-order valence-corrected chi connectivity index (χ4v) is 8.54. The molecule has 2 N–H and O–H groups in total. The number of thiol groups is 1. The average molecular weight is 1220 g/mol. The Morgan fingerprint density at radius 2 is 0.926 bits per heavy atom. The number of halogens is 5. The number of hydrogen-bond donors (Lipinski definition) is 3. The van der Waals surface area contributed by atoms with Crippen LogP contribution in [0.4, 0.5) is 13.2 Å². The molecule has 0 saturated heterocycles. The van der Waals surface area contributed by atoms with Crippen molar-refractivity contribution in [3.8, 4) is 17.2 Å². The average Bonchev–Trinajstić information content (AvgIpc) is 4.21. The standard InChI is InChI=1S/C17H16FN3O3S.C16H14FN3O3S.C9H8ClN3O2.C8H9FOS.CH4O.3CH4.ClH/c1-3-24-17(22)13-9-19-21-7-6-15(20-16(13)21)25-10-11-8-12(18)4-5-14(11)23-2;1-2-23-16(22)12-8-18-20-6-5-14(19-15(12)20)24-9-10-7-11(17)3-4-13(10)21;1-2-15-9(14)6-5-11-13-4-3-7(10)12-8(6)13;1-10-8-3-2-7(9)4-6(8)5-11;1-2;;;;/h4-9H,3,10H2,1-2H3;3-8,21H,2,9H2,1H3;3-5H,2H2,1H3;2-4,11H,5H2,1H3;2H,1H3;3*1H4;1H. The Morgan fingerprint density at radius 3 is 1.33 bits per heavy atom. The topological polar surface area (TPSA) is 228 Å². The van der Waals surface area contributed by atoms with Crippen LogP contribution in [0.15, 0.2) is 120 Å². The van der Waals surface area contributed by atoms with E-state index in [0.29, 0.717) is 84.2 Å². The van der Waals surface area contributed by atoms with Crippen LogP contribution in [0.3, 0.4) is 0 Å². The number of methoxy groups -OCH3 is 2. The predicted octanol–water partition coefficient (Wildman–Crippen LogP) is 12.2. The summed E-state index contributed by atoms with van der Waals surface area (Å²) in [5, 5.41) is 30.5. The number of ether oxygens (including phenoxy) is 5. The minimum Gasteiger partial charge on any atom is -0.508 e. The minimum absolute atomic E-state index is 0.